The van der Waals surface area contributed by atoms with Crippen LogP contribution in [0.4, 0.5) is 5.69 Å². The van der Waals surface area contributed by atoms with Gasteiger partial charge in [-0.1, -0.05) is 29.3 Å². The lowest BCUT2D eigenvalue weighted by atomic mass is 10.1. The summed E-state index contributed by atoms with van der Waals surface area (Å²) in [5.74, 6) is 0.989. The van der Waals surface area contributed by atoms with Crippen LogP contribution >= 0.6 is 27.9 Å². The number of ether oxygens (including phenoxy) is 1. The van der Waals surface area contributed by atoms with Crippen molar-refractivity contribution in [1.82, 2.24) is 0 Å². The third-order valence-electron chi connectivity index (χ3n) is 3.21. The Balaban J connectivity index is 1.84. The minimum Gasteiger partial charge on any atom is -0.494 e. The summed E-state index contributed by atoms with van der Waals surface area (Å²) < 4.78 is 8.91. The Kier molecular flexibility index (Phi) is 7.49. The zero-order valence-electron chi connectivity index (χ0n) is 13.0. The molecule has 0 aliphatic rings. The van der Waals surface area contributed by atoms with Crippen molar-refractivity contribution in [3.63, 3.8) is 0 Å². The molecule has 0 aliphatic carbocycles. The van der Waals surface area contributed by atoms with Crippen LogP contribution in [0.2, 0.25) is 0 Å². The molecule has 5 heteroatoms. The molecule has 0 bridgehead atoms. The van der Waals surface area contributed by atoms with Gasteiger partial charge in [0.2, 0.25) is 0 Å². The standard InChI is InChI=1S/C18H20BrNO2S/c1-2-3-12-22-16-8-10-17(11-9-16)23-20-15-6-4-14(5-7-15)18(21)13-19/h4-11,20H,2-3,12-13H2,1H3. The van der Waals surface area contributed by atoms with E-state index >= 15 is 0 Å². The maximum atomic E-state index is 11.5. The van der Waals surface area contributed by atoms with E-state index in [-0.39, 0.29) is 5.78 Å². The Morgan fingerprint density at radius 2 is 1.83 bits per heavy atom. The second kappa shape index (κ2) is 9.63. The lowest BCUT2D eigenvalue weighted by molar-refractivity contribution is 0.102. The van der Waals surface area contributed by atoms with Crippen molar-refractivity contribution >= 4 is 39.3 Å². The number of unbranched alkanes of at least 4 members (excludes halogenated alkanes) is 1. The van der Waals surface area contributed by atoms with E-state index in [1.807, 2.05) is 48.5 Å². The van der Waals surface area contributed by atoms with E-state index < -0.39 is 0 Å². The first kappa shape index (κ1) is 17.9. The van der Waals surface area contributed by atoms with Crippen LogP contribution in [0.15, 0.2) is 53.4 Å². The fraction of sp³-hybridized carbons (Fsp3) is 0.278. The number of rotatable bonds is 9. The van der Waals surface area contributed by atoms with E-state index in [4.69, 9.17) is 4.74 Å². The number of ketones is 1. The maximum absolute atomic E-state index is 11.5. The lowest BCUT2D eigenvalue weighted by Gasteiger charge is -2.08. The maximum Gasteiger partial charge on any atom is 0.173 e. The Labute approximate surface area is 150 Å². The molecular weight excluding hydrogens is 374 g/mol. The van der Waals surface area contributed by atoms with Gasteiger partial charge in [0.05, 0.1) is 11.9 Å². The molecule has 0 aromatic heterocycles. The Morgan fingerprint density at radius 3 is 2.43 bits per heavy atom. The number of benzene rings is 2. The highest BCUT2D eigenvalue weighted by Crippen LogP contribution is 2.24. The average molecular weight is 394 g/mol. The predicted molar refractivity (Wildman–Crippen MR) is 101 cm³/mol. The monoisotopic (exact) mass is 393 g/mol. The van der Waals surface area contributed by atoms with Gasteiger partial charge in [0.15, 0.2) is 5.78 Å². The fourth-order valence-electron chi connectivity index (χ4n) is 1.86. The van der Waals surface area contributed by atoms with Crippen LogP contribution in [0.25, 0.3) is 0 Å². The summed E-state index contributed by atoms with van der Waals surface area (Å²) in [4.78, 5) is 12.7. The molecule has 0 amide bonds. The highest BCUT2D eigenvalue weighted by atomic mass is 79.9. The number of Topliss-reactive ketones (excluding diaryl/α,β-unsaturated/α-hetero) is 1. The van der Waals surface area contributed by atoms with Gasteiger partial charge in [-0.05, 0) is 66.9 Å². The summed E-state index contributed by atoms with van der Waals surface area (Å²) >= 11 is 4.71. The summed E-state index contributed by atoms with van der Waals surface area (Å²) in [7, 11) is 0. The molecule has 2 aromatic rings. The average Bonchev–Trinajstić information content (AvgIpc) is 2.61. The number of carbonyl (C=O) groups excluding carboxylic acids is 1. The molecule has 0 aliphatic heterocycles. The molecule has 122 valence electrons. The Hall–Kier alpha value is -1.46. The molecule has 1 N–H and O–H groups in total. The van der Waals surface area contributed by atoms with Crippen molar-refractivity contribution in [3.05, 3.63) is 54.1 Å². The van der Waals surface area contributed by atoms with Crippen molar-refractivity contribution in [3.8, 4) is 5.75 Å². The first-order valence-corrected chi connectivity index (χ1v) is 9.51. The van der Waals surface area contributed by atoms with Crippen molar-refractivity contribution in [1.29, 1.82) is 0 Å². The molecule has 0 atom stereocenters. The molecule has 2 rings (SSSR count). The van der Waals surface area contributed by atoms with Gasteiger partial charge in [0.1, 0.15) is 5.75 Å². The largest absolute Gasteiger partial charge is 0.494 e. The van der Waals surface area contributed by atoms with E-state index in [0.717, 1.165) is 35.8 Å². The smallest absolute Gasteiger partial charge is 0.173 e. The van der Waals surface area contributed by atoms with Gasteiger partial charge in [-0.15, -0.1) is 0 Å². The van der Waals surface area contributed by atoms with E-state index in [1.165, 1.54) is 11.9 Å². The van der Waals surface area contributed by atoms with Gasteiger partial charge in [-0.25, -0.2) is 0 Å². The molecule has 0 radical (unpaired) electrons. The molecule has 0 saturated carbocycles. The first-order valence-electron chi connectivity index (χ1n) is 7.58. The molecule has 0 heterocycles. The van der Waals surface area contributed by atoms with Crippen LogP contribution in [-0.2, 0) is 0 Å². The second-order valence-corrected chi connectivity index (χ2v) is 6.45. The Bertz CT molecular complexity index is 614. The summed E-state index contributed by atoms with van der Waals surface area (Å²) in [5, 5.41) is 0.348. The van der Waals surface area contributed by atoms with Crippen LogP contribution in [0, 0.1) is 0 Å². The fourth-order valence-corrected chi connectivity index (χ4v) is 2.83. The molecule has 0 unspecified atom stereocenters. The molecule has 0 fully saturated rings. The van der Waals surface area contributed by atoms with Crippen LogP contribution in [0.5, 0.6) is 5.75 Å². The zero-order valence-corrected chi connectivity index (χ0v) is 15.5. The van der Waals surface area contributed by atoms with Gasteiger partial charge in [-0.2, -0.15) is 0 Å². The first-order chi connectivity index (χ1) is 11.2. The summed E-state index contributed by atoms with van der Waals surface area (Å²) in [6.45, 7) is 2.91. The van der Waals surface area contributed by atoms with Gasteiger partial charge in [0.25, 0.3) is 0 Å². The second-order valence-electron chi connectivity index (χ2n) is 5.01. The van der Waals surface area contributed by atoms with Crippen LogP contribution in [0.3, 0.4) is 0 Å². The normalized spacial score (nSPS) is 10.3. The number of halogens is 1. The minimum atomic E-state index is 0.0860. The zero-order chi connectivity index (χ0) is 16.5. The van der Waals surface area contributed by atoms with Crippen molar-refractivity contribution in [2.75, 3.05) is 16.7 Å². The van der Waals surface area contributed by atoms with E-state index in [0.29, 0.717) is 10.9 Å². The predicted octanol–water partition coefficient (Wildman–Crippen LogP) is 5.56. The van der Waals surface area contributed by atoms with E-state index in [2.05, 4.69) is 27.6 Å². The highest BCUT2D eigenvalue weighted by molar-refractivity contribution is 9.09. The van der Waals surface area contributed by atoms with E-state index in [9.17, 15) is 4.79 Å². The molecule has 0 saturated heterocycles. The van der Waals surface area contributed by atoms with Gasteiger partial charge in [0, 0.05) is 16.1 Å². The van der Waals surface area contributed by atoms with Gasteiger partial charge < -0.3 is 9.46 Å². The van der Waals surface area contributed by atoms with Gasteiger partial charge >= 0.3 is 0 Å². The lowest BCUT2D eigenvalue weighted by Crippen LogP contribution is -1.99. The highest BCUT2D eigenvalue weighted by Gasteiger charge is 2.03. The summed E-state index contributed by atoms with van der Waals surface area (Å²) in [6, 6.07) is 15.5. The SMILES string of the molecule is CCCCOc1ccc(SNc2ccc(C(=O)CBr)cc2)cc1. The van der Waals surface area contributed by atoms with Crippen LogP contribution in [-0.4, -0.2) is 17.7 Å². The number of hydrogen-bond donors (Lipinski definition) is 1. The quantitative estimate of drug-likeness (QED) is 0.262. The number of alkyl halides is 1. The number of anilines is 1. The number of hydrogen-bond acceptors (Lipinski definition) is 4. The number of nitrogens with one attached hydrogen (secondary N) is 1. The van der Waals surface area contributed by atoms with Crippen molar-refractivity contribution in [2.45, 2.75) is 24.7 Å². The third kappa shape index (κ3) is 5.92. The summed E-state index contributed by atoms with van der Waals surface area (Å²) in [6.07, 6.45) is 2.21. The molecule has 23 heavy (non-hydrogen) atoms. The topological polar surface area (TPSA) is 38.3 Å². The van der Waals surface area contributed by atoms with Gasteiger partial charge in [-0.3, -0.25) is 4.79 Å². The van der Waals surface area contributed by atoms with Crippen LogP contribution < -0.4 is 9.46 Å². The van der Waals surface area contributed by atoms with Crippen LogP contribution in [0.1, 0.15) is 30.1 Å². The molecular formula is C18H20BrNO2S. The summed E-state index contributed by atoms with van der Waals surface area (Å²) in [5.41, 5.74) is 1.68. The minimum absolute atomic E-state index is 0.0860. The molecule has 0 spiro atoms. The van der Waals surface area contributed by atoms with Crippen molar-refractivity contribution < 1.29 is 9.53 Å². The molecule has 3 nitrogen and oxygen atoms in total. The van der Waals surface area contributed by atoms with E-state index in [1.54, 1.807) is 0 Å². The van der Waals surface area contributed by atoms with Crippen molar-refractivity contribution in [2.24, 2.45) is 0 Å². The Morgan fingerprint density at radius 1 is 1.13 bits per heavy atom. The third-order valence-corrected chi connectivity index (χ3v) is 4.56. The molecule has 2 aromatic carbocycles. The number of carbonyl (C=O) groups is 1.